The Hall–Kier alpha value is -0.0800. The lowest BCUT2D eigenvalue weighted by Gasteiger charge is -2.35. The highest BCUT2D eigenvalue weighted by molar-refractivity contribution is 4.80. The Kier molecular flexibility index (Phi) is 6.38. The van der Waals surface area contributed by atoms with Crippen LogP contribution in [-0.2, 0) is 4.74 Å². The predicted molar refractivity (Wildman–Crippen MR) is 62.5 cm³/mol. The lowest BCUT2D eigenvalue weighted by atomic mass is 9.74. The molecule has 0 rings (SSSR count). The van der Waals surface area contributed by atoms with Gasteiger partial charge in [0.2, 0.25) is 0 Å². The number of hydrogen-bond acceptors (Lipinski definition) is 2. The van der Waals surface area contributed by atoms with Crippen molar-refractivity contribution in [3.8, 4) is 0 Å². The SMILES string of the molecule is CCNCC(C(C)COC)C(C)(C)C. The van der Waals surface area contributed by atoms with Crippen molar-refractivity contribution in [2.24, 2.45) is 17.3 Å². The van der Waals surface area contributed by atoms with Crippen molar-refractivity contribution >= 4 is 0 Å². The van der Waals surface area contributed by atoms with E-state index in [9.17, 15) is 0 Å². The molecule has 2 unspecified atom stereocenters. The van der Waals surface area contributed by atoms with Crippen LogP contribution < -0.4 is 5.32 Å². The molecule has 0 amide bonds. The fourth-order valence-corrected chi connectivity index (χ4v) is 2.04. The van der Waals surface area contributed by atoms with E-state index in [0.717, 1.165) is 19.7 Å². The van der Waals surface area contributed by atoms with Crippen molar-refractivity contribution in [3.63, 3.8) is 0 Å². The average Bonchev–Trinajstić information content (AvgIpc) is 2.03. The van der Waals surface area contributed by atoms with Gasteiger partial charge in [-0.1, -0.05) is 34.6 Å². The predicted octanol–water partition coefficient (Wildman–Crippen LogP) is 2.54. The summed E-state index contributed by atoms with van der Waals surface area (Å²) in [6.45, 7) is 14.3. The molecule has 0 heterocycles. The molecular formula is C12H27NO. The molecule has 0 aliphatic carbocycles. The molecule has 0 aromatic heterocycles. The Balaban J connectivity index is 4.23. The van der Waals surface area contributed by atoms with Gasteiger partial charge in [-0.05, 0) is 30.3 Å². The first-order chi connectivity index (χ1) is 6.43. The van der Waals surface area contributed by atoms with Gasteiger partial charge in [0.1, 0.15) is 0 Å². The van der Waals surface area contributed by atoms with Gasteiger partial charge in [0.05, 0.1) is 0 Å². The second-order valence-electron chi connectivity index (χ2n) is 5.21. The zero-order chi connectivity index (χ0) is 11.2. The summed E-state index contributed by atoms with van der Waals surface area (Å²) >= 11 is 0. The highest BCUT2D eigenvalue weighted by atomic mass is 16.5. The van der Waals surface area contributed by atoms with E-state index in [1.807, 2.05) is 0 Å². The summed E-state index contributed by atoms with van der Waals surface area (Å²) in [6, 6.07) is 0. The molecule has 86 valence electrons. The quantitative estimate of drug-likeness (QED) is 0.713. The van der Waals surface area contributed by atoms with Crippen LogP contribution in [0.3, 0.4) is 0 Å². The Morgan fingerprint density at radius 2 is 1.86 bits per heavy atom. The summed E-state index contributed by atoms with van der Waals surface area (Å²) in [6.07, 6.45) is 0. The molecule has 0 saturated carbocycles. The Bertz CT molecular complexity index is 140. The van der Waals surface area contributed by atoms with E-state index >= 15 is 0 Å². The summed E-state index contributed by atoms with van der Waals surface area (Å²) in [5.41, 5.74) is 0.347. The lowest BCUT2D eigenvalue weighted by Crippen LogP contribution is -2.37. The van der Waals surface area contributed by atoms with Crippen molar-refractivity contribution in [2.45, 2.75) is 34.6 Å². The molecule has 0 spiro atoms. The van der Waals surface area contributed by atoms with Gasteiger partial charge in [-0.3, -0.25) is 0 Å². The van der Waals surface area contributed by atoms with Gasteiger partial charge in [0.15, 0.2) is 0 Å². The minimum absolute atomic E-state index is 0.347. The van der Waals surface area contributed by atoms with Crippen LogP contribution in [0, 0.1) is 17.3 Å². The first-order valence-corrected chi connectivity index (χ1v) is 5.63. The van der Waals surface area contributed by atoms with Crippen molar-refractivity contribution in [2.75, 3.05) is 26.8 Å². The summed E-state index contributed by atoms with van der Waals surface area (Å²) in [5.74, 6) is 1.28. The molecule has 14 heavy (non-hydrogen) atoms. The number of rotatable bonds is 6. The summed E-state index contributed by atoms with van der Waals surface area (Å²) in [7, 11) is 1.78. The van der Waals surface area contributed by atoms with E-state index in [-0.39, 0.29) is 0 Å². The molecule has 2 heteroatoms. The van der Waals surface area contributed by atoms with Crippen LogP contribution in [0.25, 0.3) is 0 Å². The highest BCUT2D eigenvalue weighted by Crippen LogP contribution is 2.31. The zero-order valence-electron chi connectivity index (χ0n) is 10.7. The second-order valence-corrected chi connectivity index (χ2v) is 5.21. The standard InChI is InChI=1S/C12H27NO/c1-7-13-8-11(12(3,4)5)10(2)9-14-6/h10-11,13H,7-9H2,1-6H3. The Morgan fingerprint density at radius 1 is 1.29 bits per heavy atom. The summed E-state index contributed by atoms with van der Waals surface area (Å²) in [4.78, 5) is 0. The molecule has 0 radical (unpaired) electrons. The highest BCUT2D eigenvalue weighted by Gasteiger charge is 2.28. The molecule has 2 atom stereocenters. The molecule has 2 nitrogen and oxygen atoms in total. The fourth-order valence-electron chi connectivity index (χ4n) is 2.04. The Morgan fingerprint density at radius 3 is 2.21 bits per heavy atom. The average molecular weight is 201 g/mol. The van der Waals surface area contributed by atoms with Crippen LogP contribution in [0.2, 0.25) is 0 Å². The van der Waals surface area contributed by atoms with Crippen molar-refractivity contribution in [1.29, 1.82) is 0 Å². The minimum atomic E-state index is 0.347. The number of methoxy groups -OCH3 is 1. The maximum Gasteiger partial charge on any atom is 0.0491 e. The monoisotopic (exact) mass is 201 g/mol. The van der Waals surface area contributed by atoms with Gasteiger partial charge in [0.25, 0.3) is 0 Å². The molecule has 0 bridgehead atoms. The van der Waals surface area contributed by atoms with E-state index in [2.05, 4.69) is 39.9 Å². The molecule has 1 N–H and O–H groups in total. The Labute approximate surface area is 89.4 Å². The van der Waals surface area contributed by atoms with E-state index in [4.69, 9.17) is 4.74 Å². The third-order valence-corrected chi connectivity index (χ3v) is 2.84. The van der Waals surface area contributed by atoms with Crippen LogP contribution in [0.15, 0.2) is 0 Å². The lowest BCUT2D eigenvalue weighted by molar-refractivity contribution is 0.0800. The molecule has 0 aliphatic rings. The van der Waals surface area contributed by atoms with Gasteiger partial charge in [0, 0.05) is 13.7 Å². The number of ether oxygens (including phenoxy) is 1. The van der Waals surface area contributed by atoms with Crippen molar-refractivity contribution in [1.82, 2.24) is 5.32 Å². The largest absolute Gasteiger partial charge is 0.384 e. The molecule has 0 aromatic rings. The molecule has 0 saturated heterocycles. The van der Waals surface area contributed by atoms with E-state index in [1.54, 1.807) is 7.11 Å². The number of nitrogens with one attached hydrogen (secondary N) is 1. The first kappa shape index (κ1) is 13.9. The van der Waals surface area contributed by atoms with Crippen LogP contribution in [0.4, 0.5) is 0 Å². The van der Waals surface area contributed by atoms with Gasteiger partial charge in [-0.15, -0.1) is 0 Å². The van der Waals surface area contributed by atoms with E-state index < -0.39 is 0 Å². The van der Waals surface area contributed by atoms with Crippen molar-refractivity contribution < 1.29 is 4.74 Å². The van der Waals surface area contributed by atoms with Crippen molar-refractivity contribution in [3.05, 3.63) is 0 Å². The van der Waals surface area contributed by atoms with Gasteiger partial charge >= 0.3 is 0 Å². The smallest absolute Gasteiger partial charge is 0.0491 e. The third kappa shape index (κ3) is 4.97. The maximum absolute atomic E-state index is 5.23. The first-order valence-electron chi connectivity index (χ1n) is 5.63. The van der Waals surface area contributed by atoms with Crippen LogP contribution in [-0.4, -0.2) is 26.8 Å². The van der Waals surface area contributed by atoms with E-state index in [0.29, 0.717) is 17.3 Å². The van der Waals surface area contributed by atoms with Gasteiger partial charge < -0.3 is 10.1 Å². The molecule has 0 aromatic carbocycles. The van der Waals surface area contributed by atoms with Gasteiger partial charge in [-0.2, -0.15) is 0 Å². The topological polar surface area (TPSA) is 21.3 Å². The van der Waals surface area contributed by atoms with Gasteiger partial charge in [-0.25, -0.2) is 0 Å². The van der Waals surface area contributed by atoms with E-state index in [1.165, 1.54) is 0 Å². The number of hydrogen-bond donors (Lipinski definition) is 1. The fraction of sp³-hybridized carbons (Fsp3) is 1.00. The third-order valence-electron chi connectivity index (χ3n) is 2.84. The summed E-state index contributed by atoms with van der Waals surface area (Å²) in [5, 5.41) is 3.44. The summed E-state index contributed by atoms with van der Waals surface area (Å²) < 4.78 is 5.23. The van der Waals surface area contributed by atoms with Crippen LogP contribution in [0.5, 0.6) is 0 Å². The normalized spacial score (nSPS) is 16.7. The van der Waals surface area contributed by atoms with Crippen LogP contribution >= 0.6 is 0 Å². The second kappa shape index (κ2) is 6.41. The molecular weight excluding hydrogens is 174 g/mol. The maximum atomic E-state index is 5.23. The zero-order valence-corrected chi connectivity index (χ0v) is 10.7. The molecule has 0 aliphatic heterocycles. The van der Waals surface area contributed by atoms with Crippen LogP contribution in [0.1, 0.15) is 34.6 Å². The minimum Gasteiger partial charge on any atom is -0.384 e. The molecule has 0 fully saturated rings.